The Bertz CT molecular complexity index is 1240. The van der Waals surface area contributed by atoms with Gasteiger partial charge in [0.25, 0.3) is 0 Å². The van der Waals surface area contributed by atoms with E-state index in [-0.39, 0.29) is 35.4 Å². The Morgan fingerprint density at radius 1 is 1.03 bits per heavy atom. The molecular weight excluding hydrogens is 478 g/mol. The molecule has 1 saturated heterocycles. The number of hydrogen-bond acceptors (Lipinski definition) is 6. The smallest absolute Gasteiger partial charge is 0.228 e. The number of carbonyl (C=O) groups is 1. The van der Waals surface area contributed by atoms with Gasteiger partial charge in [0.1, 0.15) is 5.76 Å². The van der Waals surface area contributed by atoms with Crippen molar-refractivity contribution >= 4 is 15.7 Å². The van der Waals surface area contributed by atoms with Crippen LogP contribution in [0.5, 0.6) is 0 Å². The van der Waals surface area contributed by atoms with E-state index in [0.717, 1.165) is 38.5 Å². The minimum absolute atomic E-state index is 0.00390. The number of furan rings is 1. The summed E-state index contributed by atoms with van der Waals surface area (Å²) in [5, 5.41) is 0.0307. The number of benzene rings is 1. The first kappa shape index (κ1) is 24.8. The zero-order valence-electron chi connectivity index (χ0n) is 20.4. The van der Waals surface area contributed by atoms with Crippen LogP contribution in [-0.2, 0) is 44.8 Å². The Balaban J connectivity index is 1.46. The Morgan fingerprint density at radius 2 is 1.83 bits per heavy atom. The molecule has 1 aromatic carbocycles. The number of nitrogens with zero attached hydrogens (tertiary/aromatic N) is 3. The van der Waals surface area contributed by atoms with E-state index in [1.807, 2.05) is 30.3 Å². The molecule has 2 fully saturated rings. The zero-order valence-corrected chi connectivity index (χ0v) is 21.2. The van der Waals surface area contributed by atoms with Crippen LogP contribution in [0.15, 0.2) is 64.5 Å². The number of rotatable bonds is 10. The predicted molar refractivity (Wildman–Crippen MR) is 133 cm³/mol. The van der Waals surface area contributed by atoms with Gasteiger partial charge in [-0.05, 0) is 43.4 Å². The molecule has 1 amide bonds. The molecule has 36 heavy (non-hydrogen) atoms. The molecule has 1 atom stereocenters. The summed E-state index contributed by atoms with van der Waals surface area (Å²) < 4.78 is 40.1. The van der Waals surface area contributed by atoms with Crippen molar-refractivity contribution in [2.75, 3.05) is 6.61 Å². The summed E-state index contributed by atoms with van der Waals surface area (Å²) in [7, 11) is -3.71. The van der Waals surface area contributed by atoms with E-state index in [9.17, 15) is 13.2 Å². The van der Waals surface area contributed by atoms with Crippen LogP contribution >= 0.6 is 0 Å². The lowest BCUT2D eigenvalue weighted by Gasteiger charge is -2.26. The van der Waals surface area contributed by atoms with Crippen molar-refractivity contribution < 1.29 is 22.4 Å². The minimum atomic E-state index is -3.71. The number of aromatic nitrogens is 2. The highest BCUT2D eigenvalue weighted by Gasteiger charge is 2.31. The monoisotopic (exact) mass is 511 g/mol. The van der Waals surface area contributed by atoms with Crippen molar-refractivity contribution in [1.29, 1.82) is 0 Å². The molecule has 0 N–H and O–H groups in total. The van der Waals surface area contributed by atoms with Gasteiger partial charge in [0.05, 0.1) is 49.6 Å². The van der Waals surface area contributed by atoms with Gasteiger partial charge in [0, 0.05) is 12.5 Å². The maximum absolute atomic E-state index is 13.5. The summed E-state index contributed by atoms with van der Waals surface area (Å²) in [5.74, 6) is 0.647. The minimum Gasteiger partial charge on any atom is -0.467 e. The van der Waals surface area contributed by atoms with Gasteiger partial charge in [-0.2, -0.15) is 0 Å². The first-order valence-electron chi connectivity index (χ1n) is 12.7. The van der Waals surface area contributed by atoms with E-state index < -0.39 is 9.84 Å². The van der Waals surface area contributed by atoms with Crippen LogP contribution in [0.3, 0.4) is 0 Å². The van der Waals surface area contributed by atoms with Crippen molar-refractivity contribution in [1.82, 2.24) is 14.5 Å². The third-order valence-corrected chi connectivity index (χ3v) is 8.68. The van der Waals surface area contributed by atoms with E-state index in [2.05, 4.69) is 4.98 Å². The Hall–Kier alpha value is -2.91. The highest BCUT2D eigenvalue weighted by molar-refractivity contribution is 7.90. The van der Waals surface area contributed by atoms with Crippen molar-refractivity contribution in [3.63, 3.8) is 0 Å². The quantitative estimate of drug-likeness (QED) is 0.402. The average molecular weight is 512 g/mol. The van der Waals surface area contributed by atoms with Gasteiger partial charge in [-0.1, -0.05) is 43.2 Å². The summed E-state index contributed by atoms with van der Waals surface area (Å²) in [6.45, 7) is 1.66. The molecular formula is C27H33N3O5S. The molecule has 192 valence electrons. The Kier molecular flexibility index (Phi) is 7.57. The zero-order chi connectivity index (χ0) is 25.0. The highest BCUT2D eigenvalue weighted by atomic mass is 32.2. The second-order valence-corrected chi connectivity index (χ2v) is 11.7. The van der Waals surface area contributed by atoms with Gasteiger partial charge in [0.2, 0.25) is 20.9 Å². The summed E-state index contributed by atoms with van der Waals surface area (Å²) in [5.41, 5.74) is 1.40. The molecule has 1 unspecified atom stereocenters. The van der Waals surface area contributed by atoms with Crippen LogP contribution < -0.4 is 0 Å². The molecule has 2 aromatic heterocycles. The molecule has 3 aromatic rings. The van der Waals surface area contributed by atoms with Crippen LogP contribution in [0.1, 0.15) is 55.5 Å². The molecule has 1 aliphatic heterocycles. The van der Waals surface area contributed by atoms with E-state index in [0.29, 0.717) is 36.7 Å². The molecule has 3 heterocycles. The second kappa shape index (κ2) is 11.0. The lowest BCUT2D eigenvalue weighted by atomic mass is 10.1. The van der Waals surface area contributed by atoms with E-state index >= 15 is 0 Å². The molecule has 0 radical (unpaired) electrons. The standard InChI is InChI=1S/C27H33N3O5S/c31-26(22-10-4-5-11-22)29(18-24-12-6-14-34-24)17-23-16-28-27(30(23)19-25-13-7-15-35-25)36(32,33)20-21-8-2-1-3-9-21/h1-3,6,8-9,12,14,16,22,25H,4-5,7,10-11,13,15,17-20H2. The normalized spacial score (nSPS) is 18.6. The first-order chi connectivity index (χ1) is 17.5. The molecule has 0 spiro atoms. The van der Waals surface area contributed by atoms with Crippen LogP contribution in [0.2, 0.25) is 0 Å². The molecule has 0 bridgehead atoms. The maximum Gasteiger partial charge on any atom is 0.228 e. The third-order valence-electron chi connectivity index (χ3n) is 7.09. The number of sulfone groups is 1. The fourth-order valence-electron chi connectivity index (χ4n) is 5.24. The molecule has 5 rings (SSSR count). The van der Waals surface area contributed by atoms with Gasteiger partial charge in [-0.3, -0.25) is 4.79 Å². The molecule has 8 nitrogen and oxygen atoms in total. The van der Waals surface area contributed by atoms with Gasteiger partial charge in [-0.25, -0.2) is 13.4 Å². The SMILES string of the molecule is O=C(C1CCCC1)N(Cc1ccco1)Cc1cnc(S(=O)(=O)Cc2ccccc2)n1CC1CCCO1. The number of amides is 1. The summed E-state index contributed by atoms with van der Waals surface area (Å²) in [6, 6.07) is 12.8. The number of hydrogen-bond donors (Lipinski definition) is 0. The summed E-state index contributed by atoms with van der Waals surface area (Å²) in [6.07, 6.45) is 8.84. The topological polar surface area (TPSA) is 94.6 Å². The van der Waals surface area contributed by atoms with Crippen LogP contribution in [0, 0.1) is 5.92 Å². The van der Waals surface area contributed by atoms with Gasteiger partial charge < -0.3 is 18.6 Å². The second-order valence-electron chi connectivity index (χ2n) is 9.78. The third kappa shape index (κ3) is 5.73. The largest absolute Gasteiger partial charge is 0.467 e. The Labute approximate surface area is 212 Å². The van der Waals surface area contributed by atoms with Crippen LogP contribution in [0.4, 0.5) is 0 Å². The van der Waals surface area contributed by atoms with Crippen LogP contribution in [0.25, 0.3) is 0 Å². The Morgan fingerprint density at radius 3 is 2.53 bits per heavy atom. The van der Waals surface area contributed by atoms with E-state index in [1.165, 1.54) is 0 Å². The van der Waals surface area contributed by atoms with Gasteiger partial charge in [-0.15, -0.1) is 0 Å². The van der Waals surface area contributed by atoms with E-state index in [1.54, 1.807) is 34.1 Å². The maximum atomic E-state index is 13.5. The average Bonchev–Trinajstić information content (AvgIpc) is 3.68. The van der Waals surface area contributed by atoms with Crippen molar-refractivity contribution in [2.45, 2.75) is 75.2 Å². The number of ether oxygens (including phenoxy) is 1. The van der Waals surface area contributed by atoms with E-state index in [4.69, 9.17) is 9.15 Å². The highest BCUT2D eigenvalue weighted by Crippen LogP contribution is 2.29. The summed E-state index contributed by atoms with van der Waals surface area (Å²) >= 11 is 0. The van der Waals surface area contributed by atoms with Crippen molar-refractivity contribution in [3.8, 4) is 0 Å². The van der Waals surface area contributed by atoms with Crippen LogP contribution in [-0.4, -0.2) is 41.5 Å². The number of carbonyl (C=O) groups excluding carboxylic acids is 1. The fraction of sp³-hybridized carbons (Fsp3) is 0.481. The predicted octanol–water partition coefficient (Wildman–Crippen LogP) is 4.35. The van der Waals surface area contributed by atoms with Crippen molar-refractivity contribution in [3.05, 3.63) is 71.9 Å². The molecule has 1 saturated carbocycles. The lowest BCUT2D eigenvalue weighted by molar-refractivity contribution is -0.137. The van der Waals surface area contributed by atoms with Crippen molar-refractivity contribution in [2.24, 2.45) is 5.92 Å². The molecule has 2 aliphatic rings. The first-order valence-corrected chi connectivity index (χ1v) is 14.4. The number of imidazole rings is 1. The van der Waals surface area contributed by atoms with Gasteiger partial charge >= 0.3 is 0 Å². The molecule has 1 aliphatic carbocycles. The summed E-state index contributed by atoms with van der Waals surface area (Å²) in [4.78, 5) is 19.7. The fourth-order valence-corrected chi connectivity index (χ4v) is 6.74. The molecule has 9 heteroatoms. The van der Waals surface area contributed by atoms with Gasteiger partial charge in [0.15, 0.2) is 0 Å². The lowest BCUT2D eigenvalue weighted by Crippen LogP contribution is -2.35.